The van der Waals surface area contributed by atoms with E-state index in [0.717, 1.165) is 42.7 Å². The Morgan fingerprint density at radius 2 is 1.71 bits per heavy atom. The molecule has 180 valence electrons. The molecule has 5 nitrogen and oxygen atoms in total. The maximum Gasteiger partial charge on any atom is 0.246 e. The summed E-state index contributed by atoms with van der Waals surface area (Å²) in [6.45, 7) is 2.41. The van der Waals surface area contributed by atoms with E-state index < -0.39 is 17.5 Å². The lowest BCUT2D eigenvalue weighted by Crippen LogP contribution is -2.45. The highest BCUT2D eigenvalue weighted by Gasteiger charge is 2.42. The summed E-state index contributed by atoms with van der Waals surface area (Å²) < 4.78 is 45.5. The Kier molecular flexibility index (Phi) is 6.95. The number of carbonyl (C=O) groups is 2. The molecule has 4 rings (SSSR count). The third-order valence-electron chi connectivity index (χ3n) is 6.89. The minimum atomic E-state index is -1.55. The number of methoxy groups -OCH3 is 1. The van der Waals surface area contributed by atoms with Gasteiger partial charge in [-0.1, -0.05) is 12.1 Å². The first kappa shape index (κ1) is 23.9. The van der Waals surface area contributed by atoms with Gasteiger partial charge in [0.15, 0.2) is 17.5 Å². The molecule has 2 aromatic carbocycles. The zero-order valence-electron chi connectivity index (χ0n) is 19.0. The third kappa shape index (κ3) is 5.11. The summed E-state index contributed by atoms with van der Waals surface area (Å²) in [6.07, 6.45) is 5.14. The van der Waals surface area contributed by atoms with Gasteiger partial charge in [0.2, 0.25) is 11.8 Å². The van der Waals surface area contributed by atoms with Gasteiger partial charge in [-0.3, -0.25) is 9.59 Å². The lowest BCUT2D eigenvalue weighted by atomic mass is 9.77. The van der Waals surface area contributed by atoms with Crippen molar-refractivity contribution in [3.63, 3.8) is 0 Å². The van der Waals surface area contributed by atoms with E-state index in [9.17, 15) is 22.8 Å². The molecule has 1 spiro atoms. The number of hydrogen-bond donors (Lipinski definition) is 0. The zero-order valence-corrected chi connectivity index (χ0v) is 19.0. The second-order valence-electron chi connectivity index (χ2n) is 9.02. The van der Waals surface area contributed by atoms with Crippen LogP contribution in [0.4, 0.5) is 13.2 Å². The van der Waals surface area contributed by atoms with E-state index in [-0.39, 0.29) is 22.8 Å². The van der Waals surface area contributed by atoms with Crippen molar-refractivity contribution in [2.24, 2.45) is 5.41 Å². The maximum absolute atomic E-state index is 13.8. The number of amides is 2. The molecule has 0 N–H and O–H groups in total. The monoisotopic (exact) mass is 472 g/mol. The number of piperidine rings is 1. The van der Waals surface area contributed by atoms with E-state index in [1.807, 2.05) is 29.2 Å². The van der Waals surface area contributed by atoms with Crippen molar-refractivity contribution < 1.29 is 27.5 Å². The Morgan fingerprint density at radius 1 is 1.00 bits per heavy atom. The first-order valence-electron chi connectivity index (χ1n) is 11.3. The number of ether oxygens (including phenoxy) is 1. The van der Waals surface area contributed by atoms with Gasteiger partial charge >= 0.3 is 0 Å². The average Bonchev–Trinajstić information content (AvgIpc) is 3.26. The molecule has 0 radical (unpaired) electrons. The molecule has 2 aromatic rings. The van der Waals surface area contributed by atoms with Crippen LogP contribution in [0.2, 0.25) is 0 Å². The van der Waals surface area contributed by atoms with E-state index in [1.54, 1.807) is 12.0 Å². The molecule has 34 heavy (non-hydrogen) atoms. The van der Waals surface area contributed by atoms with Gasteiger partial charge < -0.3 is 14.5 Å². The molecule has 0 aromatic heterocycles. The van der Waals surface area contributed by atoms with Gasteiger partial charge in [-0.05, 0) is 60.6 Å². The van der Waals surface area contributed by atoms with Crippen molar-refractivity contribution in [2.75, 3.05) is 33.3 Å². The van der Waals surface area contributed by atoms with Crippen LogP contribution in [-0.2, 0) is 16.0 Å². The van der Waals surface area contributed by atoms with E-state index in [4.69, 9.17) is 4.74 Å². The maximum atomic E-state index is 13.8. The smallest absolute Gasteiger partial charge is 0.246 e. The highest BCUT2D eigenvalue weighted by molar-refractivity contribution is 5.92. The minimum absolute atomic E-state index is 0.0382. The summed E-state index contributed by atoms with van der Waals surface area (Å²) in [6, 6.07) is 9.41. The van der Waals surface area contributed by atoms with Gasteiger partial charge in [-0.25, -0.2) is 13.2 Å². The van der Waals surface area contributed by atoms with Crippen molar-refractivity contribution in [1.29, 1.82) is 0 Å². The topological polar surface area (TPSA) is 49.9 Å². The van der Waals surface area contributed by atoms with Gasteiger partial charge in [0, 0.05) is 37.8 Å². The van der Waals surface area contributed by atoms with Crippen LogP contribution in [-0.4, -0.2) is 54.9 Å². The average molecular weight is 473 g/mol. The number of carbonyl (C=O) groups excluding carboxylic acids is 2. The number of nitrogens with zero attached hydrogens (tertiary/aromatic N) is 2. The molecule has 8 heteroatoms. The molecule has 0 aliphatic carbocycles. The fraction of sp³-hybridized carbons (Fsp3) is 0.385. The highest BCUT2D eigenvalue weighted by atomic mass is 19.2. The van der Waals surface area contributed by atoms with Crippen molar-refractivity contribution >= 4 is 17.9 Å². The van der Waals surface area contributed by atoms with E-state index in [1.165, 1.54) is 12.2 Å². The highest BCUT2D eigenvalue weighted by Crippen LogP contribution is 2.40. The minimum Gasteiger partial charge on any atom is -0.497 e. The summed E-state index contributed by atoms with van der Waals surface area (Å²) in [5.74, 6) is -3.63. The second-order valence-corrected chi connectivity index (χ2v) is 9.02. The van der Waals surface area contributed by atoms with Crippen LogP contribution in [0.25, 0.3) is 6.08 Å². The standard InChI is InChI=1S/C26H27F3N2O3/c1-34-20-4-2-3-18(15-20)16-23(33)30-12-9-26(10-13-30)11-14-31(17-26)22(32)8-6-19-5-7-21(27)25(29)24(19)28/h2-8,15H,9-14,16-17H2,1H3/b8-6+. The van der Waals surface area contributed by atoms with Crippen molar-refractivity contribution in [2.45, 2.75) is 25.7 Å². The zero-order chi connectivity index (χ0) is 24.3. The van der Waals surface area contributed by atoms with E-state index in [0.29, 0.717) is 32.6 Å². The van der Waals surface area contributed by atoms with E-state index in [2.05, 4.69) is 0 Å². The molecule has 0 bridgehead atoms. The van der Waals surface area contributed by atoms with Gasteiger partial charge in [-0.15, -0.1) is 0 Å². The van der Waals surface area contributed by atoms with Crippen molar-refractivity contribution in [3.8, 4) is 5.75 Å². The Morgan fingerprint density at radius 3 is 2.41 bits per heavy atom. The lowest BCUT2D eigenvalue weighted by molar-refractivity contribution is -0.133. The molecule has 2 heterocycles. The number of likely N-dealkylation sites (tertiary alicyclic amines) is 2. The Bertz CT molecular complexity index is 1110. The lowest BCUT2D eigenvalue weighted by Gasteiger charge is -2.39. The predicted octanol–water partition coefficient (Wildman–Crippen LogP) is 4.21. The molecular weight excluding hydrogens is 445 g/mol. The summed E-state index contributed by atoms with van der Waals surface area (Å²) in [5, 5.41) is 0. The number of benzene rings is 2. The molecule has 2 saturated heterocycles. The van der Waals surface area contributed by atoms with Gasteiger partial charge in [0.05, 0.1) is 13.5 Å². The number of rotatable bonds is 5. The molecule has 0 saturated carbocycles. The van der Waals surface area contributed by atoms with Crippen LogP contribution >= 0.6 is 0 Å². The molecule has 2 fully saturated rings. The van der Waals surface area contributed by atoms with Crippen molar-refractivity contribution in [3.05, 3.63) is 71.1 Å². The van der Waals surface area contributed by atoms with Crippen molar-refractivity contribution in [1.82, 2.24) is 9.80 Å². The molecule has 2 aliphatic rings. The van der Waals surface area contributed by atoms with Crippen LogP contribution in [0.1, 0.15) is 30.4 Å². The van der Waals surface area contributed by atoms with Gasteiger partial charge in [0.25, 0.3) is 0 Å². The van der Waals surface area contributed by atoms with Crippen LogP contribution in [0.15, 0.2) is 42.5 Å². The first-order chi connectivity index (χ1) is 16.3. The molecular formula is C26H27F3N2O3. The summed E-state index contributed by atoms with van der Waals surface area (Å²) in [4.78, 5) is 28.9. The predicted molar refractivity (Wildman–Crippen MR) is 121 cm³/mol. The summed E-state index contributed by atoms with van der Waals surface area (Å²) >= 11 is 0. The van der Waals surface area contributed by atoms with Gasteiger partial charge in [-0.2, -0.15) is 0 Å². The van der Waals surface area contributed by atoms with E-state index >= 15 is 0 Å². The molecule has 0 atom stereocenters. The quantitative estimate of drug-likeness (QED) is 0.484. The third-order valence-corrected chi connectivity index (χ3v) is 6.89. The molecule has 2 amide bonds. The summed E-state index contributed by atoms with van der Waals surface area (Å²) in [7, 11) is 1.59. The van der Waals surface area contributed by atoms with Crippen LogP contribution < -0.4 is 4.74 Å². The van der Waals surface area contributed by atoms with Crippen LogP contribution in [0.5, 0.6) is 5.75 Å². The van der Waals surface area contributed by atoms with Crippen LogP contribution in [0, 0.1) is 22.9 Å². The fourth-order valence-electron chi connectivity index (χ4n) is 4.77. The number of hydrogen-bond acceptors (Lipinski definition) is 3. The fourth-order valence-corrected chi connectivity index (χ4v) is 4.77. The van der Waals surface area contributed by atoms with Gasteiger partial charge in [0.1, 0.15) is 5.75 Å². The molecule has 0 unspecified atom stereocenters. The Hall–Kier alpha value is -3.29. The first-order valence-corrected chi connectivity index (χ1v) is 11.3. The largest absolute Gasteiger partial charge is 0.497 e. The number of halogens is 3. The second kappa shape index (κ2) is 9.91. The Labute approximate surface area is 196 Å². The molecule has 2 aliphatic heterocycles. The Balaban J connectivity index is 1.30. The normalized spacial score (nSPS) is 17.5. The van der Waals surface area contributed by atoms with Crippen LogP contribution in [0.3, 0.4) is 0 Å². The summed E-state index contributed by atoms with van der Waals surface area (Å²) in [5.41, 5.74) is 0.694. The SMILES string of the molecule is COc1cccc(CC(=O)N2CCC3(CCN(C(=O)/C=C/c4ccc(F)c(F)c4F)C3)CC2)c1.